The molecule has 0 atom stereocenters. The number of nitrogens with two attached hydrogens (primary N) is 1. The van der Waals surface area contributed by atoms with Crippen molar-refractivity contribution >= 4 is 5.95 Å². The molecule has 0 unspecified atom stereocenters. The highest BCUT2D eigenvalue weighted by molar-refractivity contribution is 5.29. The monoisotopic (exact) mass is 253 g/mol. The number of aromatic nitrogens is 3. The lowest BCUT2D eigenvalue weighted by Gasteiger charge is -2.30. The third-order valence-electron chi connectivity index (χ3n) is 3.30. The summed E-state index contributed by atoms with van der Waals surface area (Å²) in [6.45, 7) is 7.28. The van der Waals surface area contributed by atoms with Gasteiger partial charge in [-0.25, -0.2) is 0 Å². The van der Waals surface area contributed by atoms with Crippen LogP contribution in [0.5, 0.6) is 0 Å². The van der Waals surface area contributed by atoms with Crippen molar-refractivity contribution in [1.29, 1.82) is 0 Å². The highest BCUT2D eigenvalue weighted by Gasteiger charge is 2.20. The smallest absolute Gasteiger partial charge is 0.244 e. The lowest BCUT2D eigenvalue weighted by atomic mass is 9.97. The minimum absolute atomic E-state index is 0.207. The molecule has 18 heavy (non-hydrogen) atoms. The second kappa shape index (κ2) is 6.15. The molecule has 1 aromatic rings. The van der Waals surface area contributed by atoms with Gasteiger partial charge in [-0.3, -0.25) is 5.10 Å². The summed E-state index contributed by atoms with van der Waals surface area (Å²) in [7, 11) is 0. The zero-order valence-corrected chi connectivity index (χ0v) is 11.2. The molecule has 2 rings (SSSR count). The van der Waals surface area contributed by atoms with Crippen LogP contribution >= 0.6 is 0 Å². The van der Waals surface area contributed by atoms with Gasteiger partial charge >= 0.3 is 0 Å². The number of nitrogens with zero attached hydrogens (tertiary/aromatic N) is 3. The Morgan fingerprint density at radius 1 is 1.44 bits per heavy atom. The fourth-order valence-corrected chi connectivity index (χ4v) is 2.11. The van der Waals surface area contributed by atoms with Gasteiger partial charge in [0, 0.05) is 13.1 Å². The Labute approximate surface area is 108 Å². The summed E-state index contributed by atoms with van der Waals surface area (Å²) in [5.74, 6) is 2.23. The predicted octanol–water partition coefficient (Wildman–Crippen LogP) is 0.905. The SMILES string of the molecule is CC(C)OCc1nc(N2CCC(CN)CC2)n[nH]1. The van der Waals surface area contributed by atoms with Crippen molar-refractivity contribution in [3.05, 3.63) is 5.82 Å². The van der Waals surface area contributed by atoms with E-state index in [0.717, 1.165) is 44.2 Å². The van der Waals surface area contributed by atoms with Gasteiger partial charge in [0.25, 0.3) is 0 Å². The maximum absolute atomic E-state index is 5.69. The van der Waals surface area contributed by atoms with Crippen LogP contribution in [-0.2, 0) is 11.3 Å². The largest absolute Gasteiger partial charge is 0.371 e. The first-order valence-electron chi connectivity index (χ1n) is 6.67. The minimum atomic E-state index is 0.207. The molecule has 1 saturated heterocycles. The van der Waals surface area contributed by atoms with Gasteiger partial charge in [-0.05, 0) is 39.2 Å². The zero-order valence-electron chi connectivity index (χ0n) is 11.2. The lowest BCUT2D eigenvalue weighted by Crippen LogP contribution is -2.36. The Morgan fingerprint density at radius 2 is 2.17 bits per heavy atom. The molecular weight excluding hydrogens is 230 g/mol. The van der Waals surface area contributed by atoms with Gasteiger partial charge < -0.3 is 15.4 Å². The topological polar surface area (TPSA) is 80.1 Å². The fraction of sp³-hybridized carbons (Fsp3) is 0.833. The van der Waals surface area contributed by atoms with Crippen molar-refractivity contribution in [2.45, 2.75) is 39.4 Å². The summed E-state index contributed by atoms with van der Waals surface area (Å²) in [6.07, 6.45) is 2.46. The van der Waals surface area contributed by atoms with E-state index in [9.17, 15) is 0 Å². The molecule has 0 aliphatic carbocycles. The van der Waals surface area contributed by atoms with Crippen LogP contribution in [-0.4, -0.2) is 40.9 Å². The molecule has 1 aliphatic heterocycles. The van der Waals surface area contributed by atoms with Crippen molar-refractivity contribution in [2.75, 3.05) is 24.5 Å². The Hall–Kier alpha value is -1.14. The molecule has 1 aliphatic rings. The fourth-order valence-electron chi connectivity index (χ4n) is 2.11. The Balaban J connectivity index is 1.86. The van der Waals surface area contributed by atoms with Crippen LogP contribution < -0.4 is 10.6 Å². The van der Waals surface area contributed by atoms with Gasteiger partial charge in [0.1, 0.15) is 6.61 Å². The summed E-state index contributed by atoms with van der Waals surface area (Å²) in [6, 6.07) is 0. The Bertz CT molecular complexity index is 357. The molecule has 102 valence electrons. The molecule has 6 heteroatoms. The number of rotatable bonds is 5. The zero-order chi connectivity index (χ0) is 13.0. The molecular formula is C12H23N5O. The molecule has 0 amide bonds. The minimum Gasteiger partial charge on any atom is -0.371 e. The lowest BCUT2D eigenvalue weighted by molar-refractivity contribution is 0.0615. The number of piperidine rings is 1. The van der Waals surface area contributed by atoms with E-state index < -0.39 is 0 Å². The maximum atomic E-state index is 5.69. The number of ether oxygens (including phenoxy) is 1. The summed E-state index contributed by atoms with van der Waals surface area (Å²) >= 11 is 0. The van der Waals surface area contributed by atoms with Gasteiger partial charge in [-0.1, -0.05) is 0 Å². The van der Waals surface area contributed by atoms with E-state index >= 15 is 0 Å². The molecule has 1 aromatic heterocycles. The van der Waals surface area contributed by atoms with E-state index in [1.807, 2.05) is 13.8 Å². The van der Waals surface area contributed by atoms with Crippen LogP contribution in [0, 0.1) is 5.92 Å². The number of nitrogens with one attached hydrogen (secondary N) is 1. The van der Waals surface area contributed by atoms with Crippen molar-refractivity contribution in [3.63, 3.8) is 0 Å². The summed E-state index contributed by atoms with van der Waals surface area (Å²) < 4.78 is 5.49. The second-order valence-corrected chi connectivity index (χ2v) is 5.11. The number of hydrogen-bond acceptors (Lipinski definition) is 5. The molecule has 6 nitrogen and oxygen atoms in total. The molecule has 2 heterocycles. The van der Waals surface area contributed by atoms with E-state index in [1.54, 1.807) is 0 Å². The molecule has 0 bridgehead atoms. The number of anilines is 1. The summed E-state index contributed by atoms with van der Waals surface area (Å²) in [5, 5.41) is 7.18. The van der Waals surface area contributed by atoms with E-state index in [0.29, 0.717) is 12.5 Å². The van der Waals surface area contributed by atoms with Crippen molar-refractivity contribution in [1.82, 2.24) is 15.2 Å². The molecule has 0 aromatic carbocycles. The van der Waals surface area contributed by atoms with E-state index in [4.69, 9.17) is 10.5 Å². The third-order valence-corrected chi connectivity index (χ3v) is 3.30. The van der Waals surface area contributed by atoms with Crippen molar-refractivity contribution < 1.29 is 4.74 Å². The first-order valence-corrected chi connectivity index (χ1v) is 6.67. The first kappa shape index (κ1) is 13.3. The number of hydrogen-bond donors (Lipinski definition) is 2. The predicted molar refractivity (Wildman–Crippen MR) is 70.3 cm³/mol. The van der Waals surface area contributed by atoms with E-state index in [1.165, 1.54) is 0 Å². The maximum Gasteiger partial charge on any atom is 0.244 e. The quantitative estimate of drug-likeness (QED) is 0.815. The first-order chi connectivity index (χ1) is 8.69. The molecule has 3 N–H and O–H groups in total. The Morgan fingerprint density at radius 3 is 2.78 bits per heavy atom. The van der Waals surface area contributed by atoms with Crippen LogP contribution in [0.3, 0.4) is 0 Å². The summed E-state index contributed by atoms with van der Waals surface area (Å²) in [4.78, 5) is 6.67. The average molecular weight is 253 g/mol. The average Bonchev–Trinajstić information content (AvgIpc) is 2.85. The molecule has 0 radical (unpaired) electrons. The van der Waals surface area contributed by atoms with Gasteiger partial charge in [0.05, 0.1) is 6.10 Å². The Kier molecular flexibility index (Phi) is 4.54. The second-order valence-electron chi connectivity index (χ2n) is 5.11. The number of H-pyrrole nitrogens is 1. The molecule has 1 fully saturated rings. The van der Waals surface area contributed by atoms with E-state index in [2.05, 4.69) is 20.1 Å². The van der Waals surface area contributed by atoms with Crippen LogP contribution in [0.4, 0.5) is 5.95 Å². The third kappa shape index (κ3) is 3.43. The normalized spacial score (nSPS) is 17.7. The van der Waals surface area contributed by atoms with Gasteiger partial charge in [0.2, 0.25) is 5.95 Å². The highest BCUT2D eigenvalue weighted by Crippen LogP contribution is 2.19. The van der Waals surface area contributed by atoms with E-state index in [-0.39, 0.29) is 6.10 Å². The molecule has 0 spiro atoms. The van der Waals surface area contributed by atoms with Crippen molar-refractivity contribution in [2.24, 2.45) is 11.7 Å². The van der Waals surface area contributed by atoms with Gasteiger partial charge in [-0.15, -0.1) is 5.10 Å². The van der Waals surface area contributed by atoms with Crippen LogP contribution in [0.1, 0.15) is 32.5 Å². The van der Waals surface area contributed by atoms with Crippen LogP contribution in [0.15, 0.2) is 0 Å². The summed E-state index contributed by atoms with van der Waals surface area (Å²) in [5.41, 5.74) is 5.69. The highest BCUT2D eigenvalue weighted by atomic mass is 16.5. The van der Waals surface area contributed by atoms with Crippen molar-refractivity contribution in [3.8, 4) is 0 Å². The number of aromatic amines is 1. The van der Waals surface area contributed by atoms with Gasteiger partial charge in [-0.2, -0.15) is 4.98 Å². The standard InChI is InChI=1S/C12H23N5O/c1-9(2)18-8-11-14-12(16-15-11)17-5-3-10(7-13)4-6-17/h9-10H,3-8,13H2,1-2H3,(H,14,15,16). The molecule has 0 saturated carbocycles. The van der Waals surface area contributed by atoms with Crippen LogP contribution in [0.2, 0.25) is 0 Å². The van der Waals surface area contributed by atoms with Gasteiger partial charge in [0.15, 0.2) is 5.82 Å². The van der Waals surface area contributed by atoms with Crippen LogP contribution in [0.25, 0.3) is 0 Å².